The predicted molar refractivity (Wildman–Crippen MR) is 113 cm³/mol. The van der Waals surface area contributed by atoms with Gasteiger partial charge in [0.25, 0.3) is 0 Å². The van der Waals surface area contributed by atoms with Crippen LogP contribution in [0.3, 0.4) is 0 Å². The highest BCUT2D eigenvalue weighted by molar-refractivity contribution is 7.98. The molecule has 2 nitrogen and oxygen atoms in total. The summed E-state index contributed by atoms with van der Waals surface area (Å²) in [6.07, 6.45) is 9.21. The molecule has 26 heavy (non-hydrogen) atoms. The Morgan fingerprint density at radius 3 is 2.31 bits per heavy atom. The second-order valence-corrected chi connectivity index (χ2v) is 8.35. The fourth-order valence-corrected chi connectivity index (χ4v) is 4.64. The summed E-state index contributed by atoms with van der Waals surface area (Å²) in [5, 5.41) is 0. The molecule has 1 fully saturated rings. The number of nitrogens with two attached hydrogens (primary N) is 1. The highest BCUT2D eigenvalue weighted by Crippen LogP contribution is 2.27. The van der Waals surface area contributed by atoms with Crippen LogP contribution >= 0.6 is 11.8 Å². The average Bonchev–Trinajstić information content (AvgIpc) is 2.70. The monoisotopic (exact) mass is 368 g/mol. The molecule has 0 unspecified atom stereocenters. The first-order valence-electron chi connectivity index (χ1n) is 9.90. The van der Waals surface area contributed by atoms with Crippen molar-refractivity contribution >= 4 is 11.8 Å². The topological polar surface area (TPSA) is 29.3 Å². The lowest BCUT2D eigenvalue weighted by Gasteiger charge is -2.30. The first-order valence-corrected chi connectivity index (χ1v) is 11.1. The Morgan fingerprint density at radius 2 is 1.62 bits per heavy atom. The Morgan fingerprint density at radius 1 is 0.923 bits per heavy atom. The van der Waals surface area contributed by atoms with Gasteiger partial charge in [0, 0.05) is 31.1 Å². The molecular formula is C23H32N2S. The number of nitrogens with zero attached hydrogens (tertiary/aromatic N) is 1. The molecule has 1 aliphatic rings. The van der Waals surface area contributed by atoms with Crippen LogP contribution in [0, 0.1) is 5.92 Å². The summed E-state index contributed by atoms with van der Waals surface area (Å²) in [4.78, 5) is 4.06. The second kappa shape index (κ2) is 10.1. The van der Waals surface area contributed by atoms with E-state index in [1.807, 2.05) is 11.8 Å². The Balaban J connectivity index is 1.73. The smallest absolute Gasteiger partial charge is 0.0248 e. The molecule has 3 rings (SSSR count). The van der Waals surface area contributed by atoms with E-state index in [-0.39, 0.29) is 0 Å². The quantitative estimate of drug-likeness (QED) is 0.628. The van der Waals surface area contributed by atoms with Crippen molar-refractivity contribution in [3.63, 3.8) is 0 Å². The molecule has 140 valence electrons. The molecular weight excluding hydrogens is 336 g/mol. The molecule has 0 amide bonds. The van der Waals surface area contributed by atoms with Crippen molar-refractivity contribution in [1.29, 1.82) is 0 Å². The van der Waals surface area contributed by atoms with Gasteiger partial charge >= 0.3 is 0 Å². The maximum Gasteiger partial charge on any atom is 0.0248 e. The van der Waals surface area contributed by atoms with Gasteiger partial charge in [-0.1, -0.05) is 61.7 Å². The molecule has 2 aromatic carbocycles. The van der Waals surface area contributed by atoms with E-state index in [9.17, 15) is 0 Å². The average molecular weight is 369 g/mol. The van der Waals surface area contributed by atoms with E-state index in [2.05, 4.69) is 59.7 Å². The third-order valence-electron chi connectivity index (χ3n) is 5.49. The van der Waals surface area contributed by atoms with Crippen LogP contribution in [0.2, 0.25) is 0 Å². The molecule has 0 aromatic heterocycles. The maximum atomic E-state index is 5.75. The van der Waals surface area contributed by atoms with Crippen LogP contribution in [0.5, 0.6) is 0 Å². The van der Waals surface area contributed by atoms with Crippen LogP contribution in [0.15, 0.2) is 53.4 Å². The first-order chi connectivity index (χ1) is 12.8. The van der Waals surface area contributed by atoms with Crippen LogP contribution < -0.4 is 5.73 Å². The van der Waals surface area contributed by atoms with E-state index in [1.165, 1.54) is 60.2 Å². The van der Waals surface area contributed by atoms with Crippen LogP contribution in [-0.2, 0) is 19.6 Å². The van der Waals surface area contributed by atoms with Crippen LogP contribution in [0.25, 0.3) is 0 Å². The lowest BCUT2D eigenvalue weighted by Crippen LogP contribution is -2.30. The second-order valence-electron chi connectivity index (χ2n) is 7.51. The van der Waals surface area contributed by atoms with Gasteiger partial charge in [0.15, 0.2) is 0 Å². The highest BCUT2D eigenvalue weighted by atomic mass is 32.2. The molecule has 0 heterocycles. The van der Waals surface area contributed by atoms with Gasteiger partial charge in [-0.15, -0.1) is 11.8 Å². The summed E-state index contributed by atoms with van der Waals surface area (Å²) in [5.41, 5.74) is 9.80. The van der Waals surface area contributed by atoms with E-state index in [1.54, 1.807) is 0 Å². The van der Waals surface area contributed by atoms with Gasteiger partial charge in [-0.3, -0.25) is 4.90 Å². The van der Waals surface area contributed by atoms with Crippen molar-refractivity contribution in [3.8, 4) is 0 Å². The molecule has 0 saturated heterocycles. The lowest BCUT2D eigenvalue weighted by molar-refractivity contribution is 0.186. The van der Waals surface area contributed by atoms with Crippen molar-refractivity contribution in [2.75, 3.05) is 12.8 Å². The third-order valence-corrected chi connectivity index (χ3v) is 6.33. The highest BCUT2D eigenvalue weighted by Gasteiger charge is 2.18. The van der Waals surface area contributed by atoms with Crippen molar-refractivity contribution in [3.05, 3.63) is 65.2 Å². The fourth-order valence-electron chi connectivity index (χ4n) is 4.03. The van der Waals surface area contributed by atoms with Crippen molar-refractivity contribution < 1.29 is 0 Å². The summed E-state index contributed by atoms with van der Waals surface area (Å²) in [6, 6.07) is 17.7. The van der Waals surface area contributed by atoms with Gasteiger partial charge in [-0.25, -0.2) is 0 Å². The Hall–Kier alpha value is -1.29. The Kier molecular flexibility index (Phi) is 7.60. The number of thioether (sulfide) groups is 1. The third kappa shape index (κ3) is 5.60. The number of benzene rings is 2. The van der Waals surface area contributed by atoms with Gasteiger partial charge < -0.3 is 5.73 Å². The van der Waals surface area contributed by atoms with Gasteiger partial charge in [0.05, 0.1) is 0 Å². The molecule has 2 aromatic rings. The molecule has 0 aliphatic heterocycles. The predicted octanol–water partition coefficient (Wildman–Crippen LogP) is 5.45. The number of rotatable bonds is 8. The summed E-state index contributed by atoms with van der Waals surface area (Å²) in [6.45, 7) is 3.88. The van der Waals surface area contributed by atoms with Crippen LogP contribution in [-0.4, -0.2) is 17.7 Å². The fraction of sp³-hybridized carbons (Fsp3) is 0.478. The summed E-state index contributed by atoms with van der Waals surface area (Å²) in [5.74, 6) is 0.855. The zero-order valence-corrected chi connectivity index (χ0v) is 16.8. The normalized spacial score (nSPS) is 15.5. The van der Waals surface area contributed by atoms with Gasteiger partial charge in [0.1, 0.15) is 0 Å². The molecule has 0 bridgehead atoms. The van der Waals surface area contributed by atoms with Crippen LogP contribution in [0.4, 0.5) is 0 Å². The molecule has 3 heteroatoms. The lowest BCUT2D eigenvalue weighted by atomic mass is 9.88. The first kappa shape index (κ1) is 19.5. The maximum absolute atomic E-state index is 5.75. The van der Waals surface area contributed by atoms with Crippen molar-refractivity contribution in [1.82, 2.24) is 4.90 Å². The zero-order valence-electron chi connectivity index (χ0n) is 16.0. The van der Waals surface area contributed by atoms with E-state index in [4.69, 9.17) is 5.73 Å². The SMILES string of the molecule is CSc1ccccc1CN(Cc1ccc(CN)cc1)CC1CCCCC1. The molecule has 1 saturated carbocycles. The van der Waals surface area contributed by atoms with Crippen molar-refractivity contribution in [2.24, 2.45) is 11.7 Å². The minimum Gasteiger partial charge on any atom is -0.326 e. The summed E-state index contributed by atoms with van der Waals surface area (Å²) in [7, 11) is 0. The molecule has 1 aliphatic carbocycles. The van der Waals surface area contributed by atoms with E-state index in [0.29, 0.717) is 6.54 Å². The van der Waals surface area contributed by atoms with Crippen molar-refractivity contribution in [2.45, 2.75) is 56.6 Å². The zero-order chi connectivity index (χ0) is 18.2. The van der Waals surface area contributed by atoms with Crippen LogP contribution in [0.1, 0.15) is 48.8 Å². The molecule has 2 N–H and O–H groups in total. The van der Waals surface area contributed by atoms with E-state index < -0.39 is 0 Å². The van der Waals surface area contributed by atoms with E-state index in [0.717, 1.165) is 19.0 Å². The largest absolute Gasteiger partial charge is 0.326 e. The number of hydrogen-bond donors (Lipinski definition) is 1. The van der Waals surface area contributed by atoms with Gasteiger partial charge in [-0.05, 0) is 47.8 Å². The summed E-state index contributed by atoms with van der Waals surface area (Å²) >= 11 is 1.85. The minimum absolute atomic E-state index is 0.618. The Bertz CT molecular complexity index is 662. The van der Waals surface area contributed by atoms with Gasteiger partial charge in [0.2, 0.25) is 0 Å². The minimum atomic E-state index is 0.618. The Labute approximate surface area is 163 Å². The molecule has 0 atom stereocenters. The molecule has 0 spiro atoms. The van der Waals surface area contributed by atoms with Gasteiger partial charge in [-0.2, -0.15) is 0 Å². The standard InChI is InChI=1S/C23H32N2S/c1-26-23-10-6-5-9-22(23)18-25(16-20-7-3-2-4-8-20)17-21-13-11-19(15-24)12-14-21/h5-6,9-14,20H,2-4,7-8,15-18,24H2,1H3. The summed E-state index contributed by atoms with van der Waals surface area (Å²) < 4.78 is 0. The van der Waals surface area contributed by atoms with E-state index >= 15 is 0 Å². The molecule has 0 radical (unpaired) electrons. The number of hydrogen-bond acceptors (Lipinski definition) is 3.